The molecule has 5 nitrogen and oxygen atoms in total. The minimum Gasteiger partial charge on any atom is -0.443 e. The van der Waals surface area contributed by atoms with E-state index in [-0.39, 0.29) is 5.41 Å². The number of nitrogens with zero attached hydrogens (tertiary/aromatic N) is 4. The van der Waals surface area contributed by atoms with Gasteiger partial charge in [0, 0.05) is 48.0 Å². The zero-order chi connectivity index (χ0) is 32.8. The van der Waals surface area contributed by atoms with Crippen molar-refractivity contribution in [1.82, 2.24) is 19.9 Å². The monoisotopic (exact) mass is 666 g/mol. The van der Waals surface area contributed by atoms with E-state index in [1.165, 1.54) is 69.8 Å². The van der Waals surface area contributed by atoms with Crippen molar-refractivity contribution in [3.63, 3.8) is 0 Å². The summed E-state index contributed by atoms with van der Waals surface area (Å²) in [7, 11) is 0. The Morgan fingerprint density at radius 2 is 1.10 bits per heavy atom. The van der Waals surface area contributed by atoms with Crippen molar-refractivity contribution >= 4 is 42.6 Å². The SMILES string of the molecule is c1ccc(-c2nc(-c3ccccc3)nc(-c3ccc4c(c3)sc3cc(-c5ccc(C67CC8CC(CC(C8)C6)C7)c6ocnc56)ccc34)n2)cc1. The number of fused-ring (bicyclic) bond motifs is 4. The van der Waals surface area contributed by atoms with E-state index in [1.54, 1.807) is 6.39 Å². The Hall–Kier alpha value is -5.20. The molecule has 50 heavy (non-hydrogen) atoms. The quantitative estimate of drug-likeness (QED) is 0.183. The molecule has 4 aliphatic rings. The summed E-state index contributed by atoms with van der Waals surface area (Å²) < 4.78 is 8.70. The molecule has 0 N–H and O–H groups in total. The second kappa shape index (κ2) is 10.9. The van der Waals surface area contributed by atoms with E-state index in [9.17, 15) is 0 Å². The molecule has 4 saturated carbocycles. The summed E-state index contributed by atoms with van der Waals surface area (Å²) in [4.78, 5) is 19.6. The van der Waals surface area contributed by atoms with Gasteiger partial charge in [0.25, 0.3) is 0 Å². The molecular formula is C44H34N4OS. The van der Waals surface area contributed by atoms with Gasteiger partial charge in [-0.3, -0.25) is 0 Å². The Morgan fingerprint density at radius 3 is 1.70 bits per heavy atom. The fourth-order valence-electron chi connectivity index (χ4n) is 10.1. The number of hydrogen-bond acceptors (Lipinski definition) is 6. The molecule has 3 aromatic heterocycles. The topological polar surface area (TPSA) is 64.7 Å². The maximum Gasteiger partial charge on any atom is 0.182 e. The predicted molar refractivity (Wildman–Crippen MR) is 202 cm³/mol. The molecule has 0 amide bonds. The highest BCUT2D eigenvalue weighted by atomic mass is 32.1. The Kier molecular flexibility index (Phi) is 6.24. The van der Waals surface area contributed by atoms with Crippen molar-refractivity contribution in [2.45, 2.75) is 43.9 Å². The normalized spacial score (nSPS) is 22.6. The fraction of sp³-hybridized carbons (Fsp3) is 0.227. The summed E-state index contributed by atoms with van der Waals surface area (Å²) in [5, 5.41) is 2.50. The summed E-state index contributed by atoms with van der Waals surface area (Å²) in [6.07, 6.45) is 9.91. The first-order chi connectivity index (χ1) is 24.7. The molecule has 4 fully saturated rings. The Morgan fingerprint density at radius 1 is 0.560 bits per heavy atom. The van der Waals surface area contributed by atoms with Crippen molar-refractivity contribution in [2.75, 3.05) is 0 Å². The van der Waals surface area contributed by atoms with E-state index in [0.717, 1.165) is 51.1 Å². The number of oxazole rings is 1. The van der Waals surface area contributed by atoms with E-state index in [2.05, 4.69) is 48.5 Å². The van der Waals surface area contributed by atoms with Crippen molar-refractivity contribution in [3.8, 4) is 45.3 Å². The maximum absolute atomic E-state index is 6.24. The van der Waals surface area contributed by atoms with Gasteiger partial charge in [-0.1, -0.05) is 97.1 Å². The third-order valence-corrected chi connectivity index (χ3v) is 13.0. The summed E-state index contributed by atoms with van der Waals surface area (Å²) in [5.74, 6) is 4.67. The number of thiophene rings is 1. The lowest BCUT2D eigenvalue weighted by molar-refractivity contribution is -0.00487. The van der Waals surface area contributed by atoms with Crippen LogP contribution in [0.25, 0.3) is 76.6 Å². The number of rotatable bonds is 5. The van der Waals surface area contributed by atoms with Crippen molar-refractivity contribution in [1.29, 1.82) is 0 Å². The molecule has 8 aromatic rings. The molecular weight excluding hydrogens is 633 g/mol. The van der Waals surface area contributed by atoms with Crippen LogP contribution in [0.1, 0.15) is 44.1 Å². The number of aromatic nitrogens is 4. The lowest BCUT2D eigenvalue weighted by Crippen LogP contribution is -2.48. The van der Waals surface area contributed by atoms with E-state index >= 15 is 0 Å². The molecule has 242 valence electrons. The maximum atomic E-state index is 6.24. The minimum absolute atomic E-state index is 0.264. The van der Waals surface area contributed by atoms with Gasteiger partial charge in [-0.2, -0.15) is 0 Å². The molecule has 0 spiro atoms. The van der Waals surface area contributed by atoms with Crippen LogP contribution in [0.15, 0.2) is 120 Å². The van der Waals surface area contributed by atoms with Gasteiger partial charge < -0.3 is 4.42 Å². The summed E-state index contributed by atoms with van der Waals surface area (Å²) in [5.41, 5.74) is 8.92. The van der Waals surface area contributed by atoms with Gasteiger partial charge in [0.2, 0.25) is 0 Å². The number of hydrogen-bond donors (Lipinski definition) is 0. The summed E-state index contributed by atoms with van der Waals surface area (Å²) in [6, 6.07) is 38.4. The molecule has 4 bridgehead atoms. The van der Waals surface area contributed by atoms with Crippen LogP contribution in [-0.4, -0.2) is 19.9 Å². The van der Waals surface area contributed by atoms with Crippen LogP contribution in [-0.2, 0) is 5.41 Å². The van der Waals surface area contributed by atoms with Crippen LogP contribution in [0.3, 0.4) is 0 Å². The predicted octanol–water partition coefficient (Wildman–Crippen LogP) is 11.5. The second-order valence-corrected chi connectivity index (χ2v) is 16.0. The van der Waals surface area contributed by atoms with Gasteiger partial charge in [0.05, 0.1) is 0 Å². The van der Waals surface area contributed by atoms with Crippen molar-refractivity contribution in [2.24, 2.45) is 17.8 Å². The summed E-state index contributed by atoms with van der Waals surface area (Å²) in [6.45, 7) is 0. The molecule has 6 heteroatoms. The molecule has 12 rings (SSSR count). The van der Waals surface area contributed by atoms with E-state index in [1.807, 2.05) is 72.0 Å². The molecule has 0 unspecified atom stereocenters. The van der Waals surface area contributed by atoms with Crippen LogP contribution >= 0.6 is 11.3 Å². The summed E-state index contributed by atoms with van der Waals surface area (Å²) >= 11 is 1.81. The molecule has 0 atom stereocenters. The lowest BCUT2D eigenvalue weighted by Gasteiger charge is -2.57. The average Bonchev–Trinajstić information content (AvgIpc) is 3.79. The smallest absolute Gasteiger partial charge is 0.182 e. The highest BCUT2D eigenvalue weighted by molar-refractivity contribution is 7.25. The third kappa shape index (κ3) is 4.51. The van der Waals surface area contributed by atoms with Gasteiger partial charge in [0.15, 0.2) is 29.4 Å². The fourth-order valence-corrected chi connectivity index (χ4v) is 11.2. The average molecular weight is 667 g/mol. The van der Waals surface area contributed by atoms with Gasteiger partial charge >= 0.3 is 0 Å². The molecule has 0 aliphatic heterocycles. The highest BCUT2D eigenvalue weighted by Crippen LogP contribution is 2.61. The Bertz CT molecular complexity index is 2500. The van der Waals surface area contributed by atoms with Crippen LogP contribution in [0.2, 0.25) is 0 Å². The molecule has 0 saturated heterocycles. The van der Waals surface area contributed by atoms with Gasteiger partial charge in [-0.15, -0.1) is 11.3 Å². The minimum atomic E-state index is 0.264. The van der Waals surface area contributed by atoms with E-state index in [4.69, 9.17) is 24.4 Å². The standard InChI is InChI=1S/C44H34N4OS/c1-3-7-29(8-4-1)41-46-42(30-9-5-2-6-10-30)48-43(47-41)32-12-14-35-34-13-11-31(20-37(34)50-38(35)21-32)33-15-16-36(40-39(33)45-25-49-40)44-22-26-17-27(23-44)19-28(18-26)24-44/h1-16,20-21,25-28H,17-19,22-24H2. The molecule has 0 radical (unpaired) electrons. The van der Waals surface area contributed by atoms with Gasteiger partial charge in [0.1, 0.15) is 5.52 Å². The van der Waals surface area contributed by atoms with Gasteiger partial charge in [-0.05, 0) is 79.4 Å². The molecule has 3 heterocycles. The van der Waals surface area contributed by atoms with Crippen LogP contribution < -0.4 is 0 Å². The number of benzene rings is 5. The Balaban J connectivity index is 0.988. The van der Waals surface area contributed by atoms with E-state index < -0.39 is 0 Å². The molecule has 5 aromatic carbocycles. The molecule has 4 aliphatic carbocycles. The zero-order valence-electron chi connectivity index (χ0n) is 27.5. The van der Waals surface area contributed by atoms with E-state index in [0.29, 0.717) is 17.5 Å². The first kappa shape index (κ1) is 28.6. The zero-order valence-corrected chi connectivity index (χ0v) is 28.4. The first-order valence-electron chi connectivity index (χ1n) is 17.9. The second-order valence-electron chi connectivity index (χ2n) is 15.0. The van der Waals surface area contributed by atoms with Crippen molar-refractivity contribution in [3.05, 3.63) is 121 Å². The van der Waals surface area contributed by atoms with Crippen molar-refractivity contribution < 1.29 is 4.42 Å². The largest absolute Gasteiger partial charge is 0.443 e. The third-order valence-electron chi connectivity index (χ3n) is 11.8. The van der Waals surface area contributed by atoms with Gasteiger partial charge in [-0.25, -0.2) is 19.9 Å². The first-order valence-corrected chi connectivity index (χ1v) is 18.7. The van der Waals surface area contributed by atoms with Crippen LogP contribution in [0.4, 0.5) is 0 Å². The van der Waals surface area contributed by atoms with Crippen LogP contribution in [0, 0.1) is 17.8 Å². The lowest BCUT2D eigenvalue weighted by atomic mass is 9.48. The Labute approximate surface area is 294 Å². The van der Waals surface area contributed by atoms with Crippen LogP contribution in [0.5, 0.6) is 0 Å². The highest BCUT2D eigenvalue weighted by Gasteiger charge is 2.52.